The van der Waals surface area contributed by atoms with Gasteiger partial charge in [-0.1, -0.05) is 36.0 Å². The van der Waals surface area contributed by atoms with Crippen molar-refractivity contribution in [1.29, 1.82) is 0 Å². The van der Waals surface area contributed by atoms with Gasteiger partial charge in [0, 0.05) is 17.4 Å². The van der Waals surface area contributed by atoms with Crippen LogP contribution < -0.4 is 19.6 Å². The van der Waals surface area contributed by atoms with Crippen molar-refractivity contribution >= 4 is 23.9 Å². The molecule has 0 saturated heterocycles. The summed E-state index contributed by atoms with van der Waals surface area (Å²) in [6.07, 6.45) is 3.14. The molecule has 10 nitrogen and oxygen atoms in total. The number of aromatic nitrogens is 4. The topological polar surface area (TPSA) is 113 Å². The summed E-state index contributed by atoms with van der Waals surface area (Å²) in [5, 5.41) is 13.3. The molecule has 184 valence electrons. The molecule has 0 unspecified atom stereocenters. The molecule has 0 radical (unpaired) electrons. The van der Waals surface area contributed by atoms with E-state index >= 15 is 0 Å². The first-order chi connectivity index (χ1) is 17.6. The molecule has 0 atom stereocenters. The number of para-hydroxylation sites is 1. The largest absolute Gasteiger partial charge is 0.493 e. The van der Waals surface area contributed by atoms with Crippen molar-refractivity contribution in [2.45, 2.75) is 5.16 Å². The van der Waals surface area contributed by atoms with E-state index in [1.165, 1.54) is 18.0 Å². The minimum Gasteiger partial charge on any atom is -0.493 e. The first-order valence-electron chi connectivity index (χ1n) is 10.8. The van der Waals surface area contributed by atoms with Gasteiger partial charge < -0.3 is 14.2 Å². The number of hydrogen-bond donors (Lipinski definition) is 1. The Bertz CT molecular complexity index is 1320. The van der Waals surface area contributed by atoms with Crippen molar-refractivity contribution in [1.82, 2.24) is 25.2 Å². The van der Waals surface area contributed by atoms with E-state index in [-0.39, 0.29) is 11.7 Å². The van der Waals surface area contributed by atoms with Crippen LogP contribution in [0.25, 0.3) is 17.1 Å². The Kier molecular flexibility index (Phi) is 8.14. The summed E-state index contributed by atoms with van der Waals surface area (Å²) in [6, 6.07) is 18.7. The lowest BCUT2D eigenvalue weighted by Crippen LogP contribution is -2.20. The van der Waals surface area contributed by atoms with Crippen LogP contribution in [-0.2, 0) is 4.79 Å². The average Bonchev–Trinajstić information content (AvgIpc) is 3.36. The number of carbonyl (C=O) groups is 1. The second-order valence-corrected chi connectivity index (χ2v) is 8.17. The zero-order valence-corrected chi connectivity index (χ0v) is 20.7. The highest BCUT2D eigenvalue weighted by molar-refractivity contribution is 7.99. The predicted molar refractivity (Wildman–Crippen MR) is 137 cm³/mol. The van der Waals surface area contributed by atoms with E-state index < -0.39 is 0 Å². The summed E-state index contributed by atoms with van der Waals surface area (Å²) in [5.74, 6) is 1.81. The van der Waals surface area contributed by atoms with Gasteiger partial charge in [-0.3, -0.25) is 14.3 Å². The summed E-state index contributed by atoms with van der Waals surface area (Å²) in [7, 11) is 4.66. The van der Waals surface area contributed by atoms with Crippen LogP contribution in [0.3, 0.4) is 0 Å². The van der Waals surface area contributed by atoms with Crippen molar-refractivity contribution in [3.05, 3.63) is 72.6 Å². The van der Waals surface area contributed by atoms with Crippen molar-refractivity contribution in [3.63, 3.8) is 0 Å². The first-order valence-corrected chi connectivity index (χ1v) is 11.8. The molecule has 4 aromatic rings. The molecule has 0 spiro atoms. The quantitative estimate of drug-likeness (QED) is 0.198. The molecule has 0 fully saturated rings. The molecule has 0 aliphatic carbocycles. The number of amides is 1. The molecular weight excluding hydrogens is 480 g/mol. The third-order valence-corrected chi connectivity index (χ3v) is 5.91. The number of carbonyl (C=O) groups excluding carboxylic acids is 1. The minimum atomic E-state index is -0.288. The third kappa shape index (κ3) is 5.63. The standard InChI is InChI=1S/C25H24N6O4S/c1-33-20-13-17(14-21(34-2)23(20)35-3)24-29-30-25(31(24)19-10-5-4-6-11-19)36-16-22(32)28-27-15-18-9-7-8-12-26-18/h4-15H,16H2,1-3H3,(H,28,32)/b27-15+. The monoisotopic (exact) mass is 504 g/mol. The van der Waals surface area contributed by atoms with E-state index in [0.717, 1.165) is 5.69 Å². The number of nitrogens with one attached hydrogen (secondary N) is 1. The molecular formula is C25H24N6O4S. The normalized spacial score (nSPS) is 10.9. The lowest BCUT2D eigenvalue weighted by atomic mass is 10.1. The highest BCUT2D eigenvalue weighted by Crippen LogP contribution is 2.41. The van der Waals surface area contributed by atoms with Gasteiger partial charge >= 0.3 is 0 Å². The van der Waals surface area contributed by atoms with Crippen LogP contribution in [0.5, 0.6) is 17.2 Å². The van der Waals surface area contributed by atoms with Gasteiger partial charge in [-0.2, -0.15) is 5.10 Å². The number of nitrogens with zero attached hydrogens (tertiary/aromatic N) is 5. The summed E-state index contributed by atoms with van der Waals surface area (Å²) in [5.41, 5.74) is 4.69. The molecule has 2 aromatic carbocycles. The van der Waals surface area contributed by atoms with E-state index in [9.17, 15) is 4.79 Å². The lowest BCUT2D eigenvalue weighted by Gasteiger charge is -2.15. The SMILES string of the molecule is COc1cc(-c2nnc(SCC(=O)N/N=C/c3ccccn3)n2-c2ccccc2)cc(OC)c1OC. The summed E-state index contributed by atoms with van der Waals surface area (Å²) >= 11 is 1.24. The Morgan fingerprint density at radius 2 is 1.72 bits per heavy atom. The van der Waals surface area contributed by atoms with E-state index in [4.69, 9.17) is 14.2 Å². The van der Waals surface area contributed by atoms with E-state index in [0.29, 0.717) is 39.5 Å². The highest BCUT2D eigenvalue weighted by atomic mass is 32.2. The number of rotatable bonds is 10. The maximum absolute atomic E-state index is 12.4. The number of hydrogen-bond acceptors (Lipinski definition) is 9. The average molecular weight is 505 g/mol. The van der Waals surface area contributed by atoms with Crippen LogP contribution in [0, 0.1) is 0 Å². The van der Waals surface area contributed by atoms with Crippen LogP contribution >= 0.6 is 11.8 Å². The Morgan fingerprint density at radius 3 is 2.36 bits per heavy atom. The zero-order valence-electron chi connectivity index (χ0n) is 19.9. The fraction of sp³-hybridized carbons (Fsp3) is 0.160. The summed E-state index contributed by atoms with van der Waals surface area (Å²) < 4.78 is 18.3. The fourth-order valence-electron chi connectivity index (χ4n) is 3.36. The number of hydrazone groups is 1. The zero-order chi connectivity index (χ0) is 25.3. The highest BCUT2D eigenvalue weighted by Gasteiger charge is 2.21. The van der Waals surface area contributed by atoms with Crippen LogP contribution in [0.2, 0.25) is 0 Å². The predicted octanol–water partition coefficient (Wildman–Crippen LogP) is 3.60. The Hall–Kier alpha value is -4.38. The van der Waals surface area contributed by atoms with E-state index in [2.05, 4.69) is 25.7 Å². The number of pyridine rings is 1. The molecule has 2 aromatic heterocycles. The smallest absolute Gasteiger partial charge is 0.250 e. The van der Waals surface area contributed by atoms with Gasteiger partial charge in [0.25, 0.3) is 5.91 Å². The molecule has 2 heterocycles. The number of benzene rings is 2. The van der Waals surface area contributed by atoms with Crippen LogP contribution in [0.1, 0.15) is 5.69 Å². The van der Waals surface area contributed by atoms with Crippen molar-refractivity contribution in [2.75, 3.05) is 27.1 Å². The molecule has 11 heteroatoms. The second kappa shape index (κ2) is 11.8. The summed E-state index contributed by atoms with van der Waals surface area (Å²) in [4.78, 5) is 16.5. The van der Waals surface area contributed by atoms with Gasteiger partial charge in [-0.05, 0) is 36.4 Å². The third-order valence-electron chi connectivity index (χ3n) is 4.98. The van der Waals surface area contributed by atoms with Gasteiger partial charge in [-0.15, -0.1) is 10.2 Å². The fourth-order valence-corrected chi connectivity index (χ4v) is 4.10. The second-order valence-electron chi connectivity index (χ2n) is 7.23. The van der Waals surface area contributed by atoms with Crippen LogP contribution in [-0.4, -0.2) is 59.0 Å². The number of thioether (sulfide) groups is 1. The van der Waals surface area contributed by atoms with Gasteiger partial charge in [0.1, 0.15) is 0 Å². The maximum Gasteiger partial charge on any atom is 0.250 e. The Balaban J connectivity index is 1.61. The molecule has 0 bridgehead atoms. The molecule has 36 heavy (non-hydrogen) atoms. The van der Waals surface area contributed by atoms with E-state index in [1.54, 1.807) is 45.7 Å². The van der Waals surface area contributed by atoms with Crippen LogP contribution in [0.15, 0.2) is 77.1 Å². The first kappa shape index (κ1) is 24.7. The Labute approximate surface area is 212 Å². The lowest BCUT2D eigenvalue weighted by molar-refractivity contribution is -0.118. The van der Waals surface area contributed by atoms with Gasteiger partial charge in [0.15, 0.2) is 22.5 Å². The minimum absolute atomic E-state index is 0.0831. The van der Waals surface area contributed by atoms with Gasteiger partial charge in [-0.25, -0.2) is 5.43 Å². The number of methoxy groups -OCH3 is 3. The number of ether oxygens (including phenoxy) is 3. The summed E-state index contributed by atoms with van der Waals surface area (Å²) in [6.45, 7) is 0. The molecule has 0 aliphatic heterocycles. The van der Waals surface area contributed by atoms with E-state index in [1.807, 2.05) is 47.0 Å². The van der Waals surface area contributed by atoms with Crippen molar-refractivity contribution < 1.29 is 19.0 Å². The van der Waals surface area contributed by atoms with Crippen molar-refractivity contribution in [2.24, 2.45) is 5.10 Å². The van der Waals surface area contributed by atoms with Crippen LogP contribution in [0.4, 0.5) is 0 Å². The van der Waals surface area contributed by atoms with Crippen molar-refractivity contribution in [3.8, 4) is 34.3 Å². The van der Waals surface area contributed by atoms with Gasteiger partial charge in [0.05, 0.1) is 39.0 Å². The molecule has 1 amide bonds. The maximum atomic E-state index is 12.4. The molecule has 1 N–H and O–H groups in total. The van der Waals surface area contributed by atoms with Gasteiger partial charge in [0.2, 0.25) is 5.75 Å². The molecule has 0 aliphatic rings. The molecule has 0 saturated carbocycles. The molecule has 4 rings (SSSR count). The Morgan fingerprint density at radius 1 is 1.00 bits per heavy atom.